The van der Waals surface area contributed by atoms with Crippen LogP contribution in [-0.2, 0) is 14.3 Å². The number of esters is 1. The van der Waals surface area contributed by atoms with Gasteiger partial charge in [0.2, 0.25) is 5.78 Å². The van der Waals surface area contributed by atoms with Crippen LogP contribution < -0.4 is 0 Å². The molecule has 0 saturated heterocycles. The highest BCUT2D eigenvalue weighted by atomic mass is 35.5. The molecule has 1 atom stereocenters. The van der Waals surface area contributed by atoms with Crippen molar-refractivity contribution in [3.8, 4) is 0 Å². The molecule has 0 fully saturated rings. The van der Waals surface area contributed by atoms with Crippen LogP contribution >= 0.6 is 11.6 Å². The lowest BCUT2D eigenvalue weighted by Gasteiger charge is -2.05. The number of Topliss-reactive ketones (excluding diaryl/α,β-unsaturated/α-hetero) is 1. The molecular formula is C21H31ClO3. The van der Waals surface area contributed by atoms with Crippen molar-refractivity contribution in [2.75, 3.05) is 7.11 Å². The van der Waals surface area contributed by atoms with Gasteiger partial charge in [-0.1, -0.05) is 68.5 Å². The second kappa shape index (κ2) is 12.9. The molecule has 0 spiro atoms. The predicted molar refractivity (Wildman–Crippen MR) is 104 cm³/mol. The Morgan fingerprint density at radius 1 is 1.16 bits per heavy atom. The molecule has 1 aliphatic rings. The quantitative estimate of drug-likeness (QED) is 0.187. The van der Waals surface area contributed by atoms with E-state index in [-0.39, 0.29) is 17.7 Å². The van der Waals surface area contributed by atoms with Gasteiger partial charge in [-0.05, 0) is 32.1 Å². The van der Waals surface area contributed by atoms with Gasteiger partial charge in [0, 0.05) is 17.9 Å². The Morgan fingerprint density at radius 2 is 1.88 bits per heavy atom. The van der Waals surface area contributed by atoms with Gasteiger partial charge in [0.05, 0.1) is 12.1 Å². The molecule has 1 aliphatic carbocycles. The highest BCUT2D eigenvalue weighted by molar-refractivity contribution is 6.46. The zero-order valence-corrected chi connectivity index (χ0v) is 16.3. The zero-order chi connectivity index (χ0) is 18.5. The number of hydrogen-bond acceptors (Lipinski definition) is 3. The number of rotatable bonds is 12. The van der Waals surface area contributed by atoms with Gasteiger partial charge in [-0.25, -0.2) is 0 Å². The summed E-state index contributed by atoms with van der Waals surface area (Å²) in [4.78, 5) is 23.2. The first kappa shape index (κ1) is 21.7. The normalized spacial score (nSPS) is 19.0. The van der Waals surface area contributed by atoms with Crippen molar-refractivity contribution in [2.24, 2.45) is 5.92 Å². The largest absolute Gasteiger partial charge is 0.469 e. The van der Waals surface area contributed by atoms with Crippen LogP contribution in [0.5, 0.6) is 0 Å². The molecule has 0 aromatic rings. The van der Waals surface area contributed by atoms with E-state index in [4.69, 9.17) is 11.6 Å². The minimum Gasteiger partial charge on any atom is -0.469 e. The van der Waals surface area contributed by atoms with Crippen molar-refractivity contribution in [1.29, 1.82) is 0 Å². The van der Waals surface area contributed by atoms with Crippen LogP contribution in [-0.4, -0.2) is 18.9 Å². The van der Waals surface area contributed by atoms with Gasteiger partial charge in [0.1, 0.15) is 0 Å². The van der Waals surface area contributed by atoms with Gasteiger partial charge >= 0.3 is 5.97 Å². The van der Waals surface area contributed by atoms with Gasteiger partial charge in [-0.3, -0.25) is 9.59 Å². The lowest BCUT2D eigenvalue weighted by molar-refractivity contribution is -0.140. The third-order valence-corrected chi connectivity index (χ3v) is 4.71. The second-order valence-corrected chi connectivity index (χ2v) is 6.89. The number of carbonyl (C=O) groups is 2. The van der Waals surface area contributed by atoms with E-state index in [9.17, 15) is 9.59 Å². The van der Waals surface area contributed by atoms with Crippen LogP contribution in [0.25, 0.3) is 0 Å². The molecule has 0 aliphatic heterocycles. The van der Waals surface area contributed by atoms with Gasteiger partial charge in [-0.2, -0.15) is 0 Å². The maximum atomic E-state index is 12.2. The van der Waals surface area contributed by atoms with Crippen molar-refractivity contribution < 1.29 is 14.3 Å². The van der Waals surface area contributed by atoms with E-state index in [0.717, 1.165) is 37.7 Å². The number of halogens is 1. The van der Waals surface area contributed by atoms with Crippen LogP contribution in [0.2, 0.25) is 0 Å². The summed E-state index contributed by atoms with van der Waals surface area (Å²) < 4.78 is 4.62. The number of allylic oxidation sites excluding steroid dienone is 6. The van der Waals surface area contributed by atoms with E-state index in [1.807, 2.05) is 12.2 Å². The van der Waals surface area contributed by atoms with Crippen molar-refractivity contribution >= 4 is 23.4 Å². The molecule has 0 unspecified atom stereocenters. The standard InChI is InChI=1S/C21H31ClO3/c1-3-4-5-6-7-10-13-17-16-19(22)21(24)18(17)14-11-8-9-12-15-20(23)25-2/h10,13-14,16-17H,3-9,11-12,15H2,1-2H3/t17-/m0/s1. The summed E-state index contributed by atoms with van der Waals surface area (Å²) in [5, 5.41) is 0.331. The van der Waals surface area contributed by atoms with Gasteiger partial charge in [0.25, 0.3) is 0 Å². The maximum absolute atomic E-state index is 12.2. The lowest BCUT2D eigenvalue weighted by Crippen LogP contribution is -2.02. The molecule has 0 aromatic carbocycles. The third kappa shape index (κ3) is 8.53. The number of unbranched alkanes of at least 4 members (excludes halogenated alkanes) is 7. The molecule has 0 aromatic heterocycles. The Bertz CT molecular complexity index is 517. The number of hydrogen-bond donors (Lipinski definition) is 0. The fraction of sp³-hybridized carbons (Fsp3) is 0.619. The van der Waals surface area contributed by atoms with E-state index in [1.54, 1.807) is 0 Å². The summed E-state index contributed by atoms with van der Waals surface area (Å²) in [5.74, 6) is -0.192. The Morgan fingerprint density at radius 3 is 2.60 bits per heavy atom. The fourth-order valence-corrected chi connectivity index (χ4v) is 3.13. The summed E-state index contributed by atoms with van der Waals surface area (Å²) in [5.41, 5.74) is 0.794. The molecule has 4 heteroatoms. The van der Waals surface area contributed by atoms with Crippen LogP contribution in [0.15, 0.2) is 34.9 Å². The first-order chi connectivity index (χ1) is 12.1. The van der Waals surface area contributed by atoms with Gasteiger partial charge < -0.3 is 4.74 Å². The summed E-state index contributed by atoms with van der Waals surface area (Å²) in [6, 6.07) is 0. The van der Waals surface area contributed by atoms with E-state index in [1.165, 1.54) is 32.8 Å². The van der Waals surface area contributed by atoms with E-state index < -0.39 is 0 Å². The Labute approximate surface area is 157 Å². The average molecular weight is 367 g/mol. The highest BCUT2D eigenvalue weighted by Crippen LogP contribution is 2.31. The van der Waals surface area contributed by atoms with Crippen molar-refractivity contribution in [3.05, 3.63) is 34.9 Å². The van der Waals surface area contributed by atoms with Gasteiger partial charge in [-0.15, -0.1) is 0 Å². The molecule has 3 nitrogen and oxygen atoms in total. The zero-order valence-electron chi connectivity index (χ0n) is 15.6. The molecular weight excluding hydrogens is 336 g/mol. The van der Waals surface area contributed by atoms with Crippen LogP contribution in [0.1, 0.15) is 71.1 Å². The van der Waals surface area contributed by atoms with Crippen LogP contribution in [0.3, 0.4) is 0 Å². The topological polar surface area (TPSA) is 43.4 Å². The number of methoxy groups -OCH3 is 1. The molecule has 0 saturated carbocycles. The monoisotopic (exact) mass is 366 g/mol. The third-order valence-electron chi connectivity index (χ3n) is 4.41. The summed E-state index contributed by atoms with van der Waals surface area (Å²) in [6.07, 6.45) is 18.2. The fourth-order valence-electron chi connectivity index (χ4n) is 2.88. The molecule has 0 N–H and O–H groups in total. The Balaban J connectivity index is 2.39. The molecule has 25 heavy (non-hydrogen) atoms. The van der Waals surface area contributed by atoms with E-state index in [0.29, 0.717) is 11.5 Å². The molecule has 0 heterocycles. The maximum Gasteiger partial charge on any atom is 0.305 e. The van der Waals surface area contributed by atoms with Crippen molar-refractivity contribution in [1.82, 2.24) is 0 Å². The number of ketones is 1. The van der Waals surface area contributed by atoms with Crippen molar-refractivity contribution in [3.63, 3.8) is 0 Å². The predicted octanol–water partition coefficient (Wildman–Crippen LogP) is 5.88. The minimum atomic E-state index is -0.163. The second-order valence-electron chi connectivity index (χ2n) is 6.48. The molecule has 1 rings (SSSR count). The average Bonchev–Trinajstić information content (AvgIpc) is 2.88. The van der Waals surface area contributed by atoms with E-state index in [2.05, 4.69) is 23.8 Å². The molecule has 140 valence electrons. The first-order valence-corrected chi connectivity index (χ1v) is 9.83. The first-order valence-electron chi connectivity index (χ1n) is 9.45. The highest BCUT2D eigenvalue weighted by Gasteiger charge is 2.26. The SMILES string of the molecule is CCCCCCC=C[C@H]1C=C(Cl)C(=O)C1=CCCCCCC(=O)OC. The van der Waals surface area contributed by atoms with E-state index >= 15 is 0 Å². The van der Waals surface area contributed by atoms with Crippen molar-refractivity contribution in [2.45, 2.75) is 71.1 Å². The van der Waals surface area contributed by atoms with Crippen LogP contribution in [0.4, 0.5) is 0 Å². The molecule has 0 amide bonds. The molecule has 0 bridgehead atoms. The summed E-state index contributed by atoms with van der Waals surface area (Å²) in [6.45, 7) is 2.21. The summed E-state index contributed by atoms with van der Waals surface area (Å²) >= 11 is 6.03. The van der Waals surface area contributed by atoms with Gasteiger partial charge in [0.15, 0.2) is 0 Å². The number of ether oxygens (including phenoxy) is 1. The number of carbonyl (C=O) groups excluding carboxylic acids is 2. The smallest absolute Gasteiger partial charge is 0.305 e. The molecule has 0 radical (unpaired) electrons. The minimum absolute atomic E-state index is 0.0150. The van der Waals surface area contributed by atoms with Crippen LogP contribution in [0, 0.1) is 5.92 Å². The Kier molecular flexibility index (Phi) is 11.2. The lowest BCUT2D eigenvalue weighted by atomic mass is 9.98. The summed E-state index contributed by atoms with van der Waals surface area (Å²) in [7, 11) is 1.41. The Hall–Kier alpha value is -1.35.